The van der Waals surface area contributed by atoms with Crippen LogP contribution in [-0.2, 0) is 23.1 Å². The number of nitrogens with one attached hydrogen (secondary N) is 2. The first-order valence-corrected chi connectivity index (χ1v) is 6.79. The van der Waals surface area contributed by atoms with Crippen molar-refractivity contribution >= 4 is 10.0 Å². The molecule has 0 radical (unpaired) electrons. The van der Waals surface area contributed by atoms with Gasteiger partial charge in [0.15, 0.2) is 5.03 Å². The third kappa shape index (κ3) is 2.75. The molecule has 0 unspecified atom stereocenters. The molecule has 0 saturated heterocycles. The Morgan fingerprint density at radius 2 is 2.33 bits per heavy atom. The minimum absolute atomic E-state index is 0.0237. The van der Waals surface area contributed by atoms with Crippen molar-refractivity contribution in [2.75, 3.05) is 6.54 Å². The summed E-state index contributed by atoms with van der Waals surface area (Å²) in [5.41, 5.74) is 5.90. The summed E-state index contributed by atoms with van der Waals surface area (Å²) >= 11 is 0. The van der Waals surface area contributed by atoms with E-state index in [9.17, 15) is 8.42 Å². The largest absolute Gasteiger partial charge is 0.336 e. The monoisotopic (exact) mass is 270 g/mol. The van der Waals surface area contributed by atoms with Crippen LogP contribution in [0.2, 0.25) is 0 Å². The number of nitrogens with zero attached hydrogens (tertiary/aromatic N) is 3. The highest BCUT2D eigenvalue weighted by atomic mass is 32.2. The highest BCUT2D eigenvalue weighted by Crippen LogP contribution is 2.10. The number of hydrogen-bond donors (Lipinski definition) is 3. The molecule has 2 aromatic heterocycles. The van der Waals surface area contributed by atoms with Crippen LogP contribution in [0.3, 0.4) is 0 Å². The standard InChI is InChI=1S/C9H14N6O2S/c10-5-8-6-12-14-9(8)18(16,17)13-2-4-15-3-1-11-7-15/h1,3,6-7,13H,2,4-5,10H2,(H,12,14). The lowest BCUT2D eigenvalue weighted by Crippen LogP contribution is -2.28. The Balaban J connectivity index is 1.99. The van der Waals surface area contributed by atoms with E-state index in [1.165, 1.54) is 6.20 Å². The molecule has 2 heterocycles. The van der Waals surface area contributed by atoms with Crippen molar-refractivity contribution in [2.45, 2.75) is 18.1 Å². The average molecular weight is 270 g/mol. The Bertz CT molecular complexity index is 588. The Morgan fingerprint density at radius 3 is 3.00 bits per heavy atom. The van der Waals surface area contributed by atoms with Gasteiger partial charge in [-0.1, -0.05) is 0 Å². The van der Waals surface area contributed by atoms with Crippen LogP contribution in [0, 0.1) is 0 Å². The summed E-state index contributed by atoms with van der Waals surface area (Å²) in [6.07, 6.45) is 6.42. The van der Waals surface area contributed by atoms with Crippen LogP contribution in [0.4, 0.5) is 0 Å². The number of sulfonamides is 1. The van der Waals surface area contributed by atoms with Gasteiger partial charge in [-0.05, 0) is 0 Å². The van der Waals surface area contributed by atoms with Crippen molar-refractivity contribution < 1.29 is 8.42 Å². The maximum Gasteiger partial charge on any atom is 0.257 e. The summed E-state index contributed by atoms with van der Waals surface area (Å²) in [5.74, 6) is 0. The highest BCUT2D eigenvalue weighted by Gasteiger charge is 2.19. The van der Waals surface area contributed by atoms with Gasteiger partial charge in [0.05, 0.1) is 12.5 Å². The first-order chi connectivity index (χ1) is 8.63. The minimum atomic E-state index is -3.59. The molecule has 8 nitrogen and oxygen atoms in total. The van der Waals surface area contributed by atoms with Gasteiger partial charge in [-0.15, -0.1) is 0 Å². The second kappa shape index (κ2) is 5.29. The lowest BCUT2D eigenvalue weighted by Gasteiger charge is -2.06. The van der Waals surface area contributed by atoms with Crippen molar-refractivity contribution in [1.29, 1.82) is 0 Å². The van der Waals surface area contributed by atoms with Crippen LogP contribution in [0.5, 0.6) is 0 Å². The van der Waals surface area contributed by atoms with E-state index in [1.54, 1.807) is 23.3 Å². The van der Waals surface area contributed by atoms with E-state index in [1.807, 2.05) is 0 Å². The molecule has 0 aliphatic heterocycles. The average Bonchev–Trinajstić information content (AvgIpc) is 2.99. The number of H-pyrrole nitrogens is 1. The van der Waals surface area contributed by atoms with Gasteiger partial charge >= 0.3 is 0 Å². The summed E-state index contributed by atoms with van der Waals surface area (Å²) in [6.45, 7) is 0.890. The number of rotatable bonds is 6. The quantitative estimate of drug-likeness (QED) is 0.625. The van der Waals surface area contributed by atoms with E-state index in [0.717, 1.165) is 0 Å². The zero-order valence-electron chi connectivity index (χ0n) is 9.57. The van der Waals surface area contributed by atoms with Crippen molar-refractivity contribution in [3.05, 3.63) is 30.5 Å². The van der Waals surface area contributed by atoms with Crippen molar-refractivity contribution in [2.24, 2.45) is 5.73 Å². The molecule has 4 N–H and O–H groups in total. The van der Waals surface area contributed by atoms with Gasteiger partial charge in [0.2, 0.25) is 0 Å². The van der Waals surface area contributed by atoms with Crippen LogP contribution < -0.4 is 10.5 Å². The summed E-state index contributed by atoms with van der Waals surface area (Å²) in [5, 5.41) is 6.14. The maximum absolute atomic E-state index is 11.9. The van der Waals surface area contributed by atoms with Gasteiger partial charge in [0.25, 0.3) is 10.0 Å². The normalized spacial score (nSPS) is 11.8. The summed E-state index contributed by atoms with van der Waals surface area (Å²) in [4.78, 5) is 3.87. The summed E-state index contributed by atoms with van der Waals surface area (Å²) < 4.78 is 28.1. The zero-order valence-corrected chi connectivity index (χ0v) is 10.4. The molecule has 2 rings (SSSR count). The van der Waals surface area contributed by atoms with Crippen molar-refractivity contribution in [3.8, 4) is 0 Å². The second-order valence-electron chi connectivity index (χ2n) is 3.63. The Hall–Kier alpha value is -1.71. The smallest absolute Gasteiger partial charge is 0.257 e. The fourth-order valence-electron chi connectivity index (χ4n) is 1.48. The molecule has 9 heteroatoms. The van der Waals surface area contributed by atoms with E-state index < -0.39 is 10.0 Å². The van der Waals surface area contributed by atoms with Gasteiger partial charge in [0, 0.05) is 37.6 Å². The first-order valence-electron chi connectivity index (χ1n) is 5.31. The molecule has 0 aliphatic carbocycles. The molecule has 0 spiro atoms. The molecule has 0 saturated carbocycles. The Kier molecular flexibility index (Phi) is 3.75. The molecule has 0 amide bonds. The zero-order chi connectivity index (χ0) is 13.0. The fraction of sp³-hybridized carbons (Fsp3) is 0.333. The van der Waals surface area contributed by atoms with Gasteiger partial charge in [0.1, 0.15) is 0 Å². The predicted molar refractivity (Wildman–Crippen MR) is 63.9 cm³/mol. The van der Waals surface area contributed by atoms with Crippen molar-refractivity contribution in [3.63, 3.8) is 0 Å². The van der Waals surface area contributed by atoms with E-state index in [0.29, 0.717) is 12.1 Å². The van der Waals surface area contributed by atoms with E-state index in [4.69, 9.17) is 5.73 Å². The third-order valence-electron chi connectivity index (χ3n) is 2.39. The van der Waals surface area contributed by atoms with E-state index >= 15 is 0 Å². The van der Waals surface area contributed by atoms with E-state index in [-0.39, 0.29) is 18.1 Å². The van der Waals surface area contributed by atoms with Crippen LogP contribution in [0.15, 0.2) is 29.9 Å². The molecule has 0 fully saturated rings. The molecule has 18 heavy (non-hydrogen) atoms. The van der Waals surface area contributed by atoms with Crippen molar-refractivity contribution in [1.82, 2.24) is 24.5 Å². The second-order valence-corrected chi connectivity index (χ2v) is 5.33. The molecular weight excluding hydrogens is 256 g/mol. The van der Waals surface area contributed by atoms with Gasteiger partial charge < -0.3 is 10.3 Å². The molecule has 0 aromatic carbocycles. The Labute approximate surface area is 104 Å². The van der Waals surface area contributed by atoms with Gasteiger partial charge in [-0.2, -0.15) is 5.10 Å². The molecule has 0 atom stereocenters. The topological polar surface area (TPSA) is 119 Å². The number of hydrogen-bond acceptors (Lipinski definition) is 5. The van der Waals surface area contributed by atoms with Crippen LogP contribution in [0.1, 0.15) is 5.56 Å². The molecular formula is C9H14N6O2S. The number of imidazole rings is 1. The molecule has 98 valence electrons. The predicted octanol–water partition coefficient (Wildman–Crippen LogP) is -0.957. The number of aromatic nitrogens is 4. The van der Waals surface area contributed by atoms with E-state index in [2.05, 4.69) is 19.9 Å². The summed E-state index contributed by atoms with van der Waals surface area (Å²) in [6, 6.07) is 0. The minimum Gasteiger partial charge on any atom is -0.336 e. The summed E-state index contributed by atoms with van der Waals surface area (Å²) in [7, 11) is -3.59. The van der Waals surface area contributed by atoms with Crippen LogP contribution in [-0.4, -0.2) is 34.7 Å². The first kappa shape index (κ1) is 12.7. The molecule has 0 bridgehead atoms. The number of aromatic amines is 1. The van der Waals surface area contributed by atoms with Gasteiger partial charge in [-0.3, -0.25) is 5.10 Å². The fourth-order valence-corrected chi connectivity index (χ4v) is 2.64. The third-order valence-corrected chi connectivity index (χ3v) is 3.86. The molecule has 2 aromatic rings. The van der Waals surface area contributed by atoms with Gasteiger partial charge in [-0.25, -0.2) is 18.1 Å². The molecule has 0 aliphatic rings. The van der Waals surface area contributed by atoms with Crippen LogP contribution in [0.25, 0.3) is 0 Å². The Morgan fingerprint density at radius 1 is 1.50 bits per heavy atom. The SMILES string of the molecule is NCc1cn[nH]c1S(=O)(=O)NCCn1ccnc1. The highest BCUT2D eigenvalue weighted by molar-refractivity contribution is 7.89. The maximum atomic E-state index is 11.9. The van der Waals surface area contributed by atoms with Crippen LogP contribution >= 0.6 is 0 Å². The lowest BCUT2D eigenvalue weighted by atomic mass is 10.4. The number of nitrogens with two attached hydrogens (primary N) is 1. The lowest BCUT2D eigenvalue weighted by molar-refractivity contribution is 0.567.